The summed E-state index contributed by atoms with van der Waals surface area (Å²) in [5.41, 5.74) is 1.83. The Kier molecular flexibility index (Phi) is 6.01. The van der Waals surface area contributed by atoms with E-state index >= 15 is 0 Å². The van der Waals surface area contributed by atoms with Crippen molar-refractivity contribution in [3.05, 3.63) is 125 Å². The third-order valence-electron chi connectivity index (χ3n) is 4.66. The minimum atomic E-state index is -0.542. The quantitative estimate of drug-likeness (QED) is 0.449. The van der Waals surface area contributed by atoms with Gasteiger partial charge in [-0.15, -0.1) is 0 Å². The molecule has 0 N–H and O–H groups in total. The number of amides is 1. The van der Waals surface area contributed by atoms with Crippen LogP contribution in [-0.4, -0.2) is 23.1 Å². The van der Waals surface area contributed by atoms with Gasteiger partial charge in [0.25, 0.3) is 5.91 Å². The second kappa shape index (κ2) is 9.37. The van der Waals surface area contributed by atoms with Crippen molar-refractivity contribution in [3.63, 3.8) is 0 Å². The first kappa shape index (κ1) is 20.5. The summed E-state index contributed by atoms with van der Waals surface area (Å²) < 4.78 is 5.73. The average molecular weight is 419 g/mol. The Balaban J connectivity index is 1.73. The molecule has 32 heavy (non-hydrogen) atoms. The van der Waals surface area contributed by atoms with E-state index in [0.717, 1.165) is 5.01 Å². The van der Waals surface area contributed by atoms with E-state index in [2.05, 4.69) is 5.10 Å². The lowest BCUT2D eigenvalue weighted by Crippen LogP contribution is -2.27. The lowest BCUT2D eigenvalue weighted by atomic mass is 10.1. The smallest absolute Gasteiger partial charge is 0.343 e. The molecule has 0 aliphatic carbocycles. The first-order chi connectivity index (χ1) is 15.7. The highest BCUT2D eigenvalue weighted by atomic mass is 16.5. The van der Waals surface area contributed by atoms with Gasteiger partial charge in [-0.25, -0.2) is 4.79 Å². The van der Waals surface area contributed by atoms with Gasteiger partial charge in [-0.05, 0) is 30.3 Å². The number of hydrogen-bond acceptors (Lipinski definition) is 5. The van der Waals surface area contributed by atoms with Gasteiger partial charge in [-0.1, -0.05) is 66.7 Å². The van der Waals surface area contributed by atoms with Crippen molar-refractivity contribution < 1.29 is 14.3 Å². The highest BCUT2D eigenvalue weighted by Crippen LogP contribution is 2.26. The fraction of sp³-hybridized carbons (Fsp3) is 0. The Bertz CT molecular complexity index is 1270. The van der Waals surface area contributed by atoms with E-state index in [-0.39, 0.29) is 11.5 Å². The first-order valence-electron chi connectivity index (χ1n) is 9.79. The summed E-state index contributed by atoms with van der Waals surface area (Å²) in [5.74, 6) is -0.737. The number of benzene rings is 3. The summed E-state index contributed by atoms with van der Waals surface area (Å²) in [7, 11) is 0. The molecule has 6 nitrogen and oxygen atoms in total. The number of nitrogens with zero attached hydrogens (tertiary/aromatic N) is 3. The number of ether oxygens (including phenoxy) is 1. The molecule has 0 saturated carbocycles. The van der Waals surface area contributed by atoms with Crippen molar-refractivity contribution in [2.45, 2.75) is 0 Å². The van der Waals surface area contributed by atoms with Crippen molar-refractivity contribution in [3.8, 4) is 6.07 Å². The first-order valence-corrected chi connectivity index (χ1v) is 9.79. The van der Waals surface area contributed by atoms with Gasteiger partial charge in [0, 0.05) is 16.7 Å². The molecule has 1 aliphatic rings. The van der Waals surface area contributed by atoms with Crippen LogP contribution in [0.5, 0.6) is 0 Å². The van der Waals surface area contributed by atoms with E-state index in [0.29, 0.717) is 22.3 Å². The largest absolute Gasteiger partial charge is 0.422 e. The molecule has 0 aromatic heterocycles. The predicted octanol–water partition coefficient (Wildman–Crippen LogP) is 4.80. The minimum absolute atomic E-state index is 0.0144. The van der Waals surface area contributed by atoms with Gasteiger partial charge in [-0.2, -0.15) is 15.4 Å². The topological polar surface area (TPSA) is 82.8 Å². The van der Waals surface area contributed by atoms with E-state index in [4.69, 9.17) is 4.74 Å². The average Bonchev–Trinajstić information content (AvgIpc) is 2.88. The van der Waals surface area contributed by atoms with Gasteiger partial charge in [0.1, 0.15) is 17.5 Å². The van der Waals surface area contributed by atoms with Crippen molar-refractivity contribution in [2.75, 3.05) is 0 Å². The molecular weight excluding hydrogens is 402 g/mol. The number of esters is 1. The Morgan fingerprint density at radius 1 is 0.781 bits per heavy atom. The zero-order valence-corrected chi connectivity index (χ0v) is 16.9. The normalized spacial score (nSPS) is 14.2. The number of allylic oxidation sites excluding steroid dienone is 3. The predicted molar refractivity (Wildman–Crippen MR) is 120 cm³/mol. The third kappa shape index (κ3) is 4.37. The summed E-state index contributed by atoms with van der Waals surface area (Å²) in [6, 6.07) is 28.2. The second-order valence-electron chi connectivity index (χ2n) is 6.77. The van der Waals surface area contributed by atoms with Crippen LogP contribution in [0.1, 0.15) is 26.3 Å². The van der Waals surface area contributed by atoms with Gasteiger partial charge in [0.2, 0.25) is 0 Å². The fourth-order valence-corrected chi connectivity index (χ4v) is 3.10. The molecule has 1 aliphatic heterocycles. The number of nitriles is 1. The van der Waals surface area contributed by atoms with Gasteiger partial charge in [-0.3, -0.25) is 4.79 Å². The molecule has 3 aromatic carbocycles. The monoisotopic (exact) mass is 419 g/mol. The molecule has 0 fully saturated rings. The maximum atomic E-state index is 12.8. The minimum Gasteiger partial charge on any atom is -0.422 e. The summed E-state index contributed by atoms with van der Waals surface area (Å²) >= 11 is 0. The van der Waals surface area contributed by atoms with E-state index in [1.165, 1.54) is 12.3 Å². The van der Waals surface area contributed by atoms with Crippen LogP contribution in [0.25, 0.3) is 5.76 Å². The Morgan fingerprint density at radius 3 is 1.88 bits per heavy atom. The van der Waals surface area contributed by atoms with Gasteiger partial charge in [0.15, 0.2) is 0 Å². The fourth-order valence-electron chi connectivity index (χ4n) is 3.10. The van der Waals surface area contributed by atoms with Gasteiger partial charge in [0.05, 0.1) is 11.8 Å². The van der Waals surface area contributed by atoms with Crippen LogP contribution >= 0.6 is 0 Å². The summed E-state index contributed by atoms with van der Waals surface area (Å²) in [5, 5.41) is 14.9. The van der Waals surface area contributed by atoms with Crippen LogP contribution in [0.2, 0.25) is 0 Å². The zero-order chi connectivity index (χ0) is 22.3. The molecule has 0 unspecified atom stereocenters. The molecule has 0 atom stereocenters. The van der Waals surface area contributed by atoms with Gasteiger partial charge >= 0.3 is 5.97 Å². The molecule has 0 bridgehead atoms. The number of hydrogen-bond donors (Lipinski definition) is 0. The molecule has 0 spiro atoms. The highest BCUT2D eigenvalue weighted by molar-refractivity contribution is 6.02. The lowest BCUT2D eigenvalue weighted by Gasteiger charge is -2.20. The number of hydrazone groups is 1. The maximum absolute atomic E-state index is 12.8. The lowest BCUT2D eigenvalue weighted by molar-refractivity contribution is 0.0690. The molecular formula is C26H17N3O3. The van der Waals surface area contributed by atoms with Crippen molar-refractivity contribution in [1.82, 2.24) is 5.01 Å². The zero-order valence-electron chi connectivity index (χ0n) is 16.9. The van der Waals surface area contributed by atoms with E-state index in [1.807, 2.05) is 24.3 Å². The van der Waals surface area contributed by atoms with Crippen LogP contribution < -0.4 is 0 Å². The summed E-state index contributed by atoms with van der Waals surface area (Å²) in [6.07, 6.45) is 2.89. The molecule has 154 valence electrons. The van der Waals surface area contributed by atoms with Crippen molar-refractivity contribution >= 4 is 23.9 Å². The summed E-state index contributed by atoms with van der Waals surface area (Å²) in [4.78, 5) is 25.5. The molecule has 1 heterocycles. The van der Waals surface area contributed by atoms with Crippen LogP contribution in [-0.2, 0) is 4.74 Å². The van der Waals surface area contributed by atoms with Crippen LogP contribution in [0.15, 0.2) is 113 Å². The van der Waals surface area contributed by atoms with Crippen molar-refractivity contribution in [2.24, 2.45) is 5.10 Å². The van der Waals surface area contributed by atoms with E-state index in [1.54, 1.807) is 72.8 Å². The van der Waals surface area contributed by atoms with Crippen molar-refractivity contribution in [1.29, 1.82) is 5.26 Å². The molecule has 0 saturated heterocycles. The Hall–Kier alpha value is -4.76. The Labute approximate surface area is 185 Å². The number of rotatable bonds is 4. The van der Waals surface area contributed by atoms with Crippen LogP contribution in [0.4, 0.5) is 0 Å². The molecule has 0 radical (unpaired) electrons. The number of carbonyl (C=O) groups excluding carboxylic acids is 2. The highest BCUT2D eigenvalue weighted by Gasteiger charge is 2.24. The second-order valence-corrected chi connectivity index (χ2v) is 6.77. The molecule has 3 aromatic rings. The standard InChI is InChI=1S/C26H17N3O3/c27-17-23-16-22(18-28-29(23)25(30)20-12-6-2-7-13-20)24(19-10-4-1-5-11-19)32-26(31)21-14-8-3-9-15-21/h1-16,18H/b24-22+. The van der Waals surface area contributed by atoms with Crippen LogP contribution in [0, 0.1) is 11.3 Å². The SMILES string of the molecule is N#CC1=C/C(=C(\OC(=O)c2ccccc2)c2ccccc2)C=NN1C(=O)c1ccccc1. The van der Waals surface area contributed by atoms with Crippen LogP contribution in [0.3, 0.4) is 0 Å². The number of carbonyl (C=O) groups is 2. The van der Waals surface area contributed by atoms with E-state index < -0.39 is 11.9 Å². The molecule has 4 rings (SSSR count). The summed E-state index contributed by atoms with van der Waals surface area (Å²) in [6.45, 7) is 0. The molecule has 1 amide bonds. The molecule has 6 heteroatoms. The Morgan fingerprint density at radius 2 is 1.31 bits per heavy atom. The third-order valence-corrected chi connectivity index (χ3v) is 4.66. The maximum Gasteiger partial charge on any atom is 0.343 e. The van der Waals surface area contributed by atoms with E-state index in [9.17, 15) is 14.9 Å². The van der Waals surface area contributed by atoms with Gasteiger partial charge < -0.3 is 4.74 Å².